The van der Waals surface area contributed by atoms with Gasteiger partial charge in [0.2, 0.25) is 0 Å². The van der Waals surface area contributed by atoms with E-state index in [2.05, 4.69) is 27.8 Å². The summed E-state index contributed by atoms with van der Waals surface area (Å²) in [5.41, 5.74) is 0. The van der Waals surface area contributed by atoms with Crippen molar-refractivity contribution in [1.29, 1.82) is 0 Å². The molecule has 130 valence electrons. The number of rotatable bonds is 15. The number of quaternary nitrogens is 1. The summed E-state index contributed by atoms with van der Waals surface area (Å²) in [6.45, 7) is 11.2. The SMILES string of the molecule is C.CCCCCC[N+](C)(CCCCCC)CCCCCC. The zero-order valence-corrected chi connectivity index (χ0v) is 15.1. The molecule has 1 heteroatoms. The summed E-state index contributed by atoms with van der Waals surface area (Å²) in [7, 11) is 2.52. The van der Waals surface area contributed by atoms with Crippen LogP contribution in [0, 0.1) is 0 Å². The predicted octanol–water partition coefficient (Wildman–Crippen LogP) is 6.81. The molecule has 0 aromatic rings. The molecule has 0 N–H and O–H groups in total. The lowest BCUT2D eigenvalue weighted by Crippen LogP contribution is -2.46. The van der Waals surface area contributed by atoms with Crippen molar-refractivity contribution in [3.05, 3.63) is 0 Å². The van der Waals surface area contributed by atoms with Crippen molar-refractivity contribution in [2.75, 3.05) is 26.7 Å². The van der Waals surface area contributed by atoms with Crippen LogP contribution in [0.1, 0.15) is 105 Å². The lowest BCUT2D eigenvalue weighted by Gasteiger charge is -2.35. The van der Waals surface area contributed by atoms with Crippen LogP contribution in [0.15, 0.2) is 0 Å². The first-order valence-electron chi connectivity index (χ1n) is 9.52. The third-order valence-electron chi connectivity index (χ3n) is 4.65. The quantitative estimate of drug-likeness (QED) is 0.230. The van der Waals surface area contributed by atoms with Crippen LogP contribution in [-0.4, -0.2) is 31.2 Å². The molecule has 0 spiro atoms. The Labute approximate surface area is 137 Å². The second kappa shape index (κ2) is 16.3. The van der Waals surface area contributed by atoms with Gasteiger partial charge in [0.15, 0.2) is 0 Å². The minimum absolute atomic E-state index is 0. The van der Waals surface area contributed by atoms with E-state index in [4.69, 9.17) is 0 Å². The molecule has 0 saturated carbocycles. The molecule has 21 heavy (non-hydrogen) atoms. The topological polar surface area (TPSA) is 0 Å². The van der Waals surface area contributed by atoms with Gasteiger partial charge in [-0.3, -0.25) is 0 Å². The molecule has 0 aliphatic carbocycles. The van der Waals surface area contributed by atoms with Crippen LogP contribution >= 0.6 is 0 Å². The van der Waals surface area contributed by atoms with Crippen molar-refractivity contribution in [2.24, 2.45) is 0 Å². The van der Waals surface area contributed by atoms with Gasteiger partial charge in [0.1, 0.15) is 0 Å². The van der Waals surface area contributed by atoms with Gasteiger partial charge < -0.3 is 4.48 Å². The highest BCUT2D eigenvalue weighted by atomic mass is 15.3. The maximum Gasteiger partial charge on any atom is 0.0784 e. The van der Waals surface area contributed by atoms with E-state index in [-0.39, 0.29) is 7.43 Å². The minimum atomic E-state index is 0. The van der Waals surface area contributed by atoms with E-state index < -0.39 is 0 Å². The molecule has 0 bridgehead atoms. The number of hydrogen-bond acceptors (Lipinski definition) is 0. The molecular weight excluding hydrogens is 254 g/mol. The highest BCUT2D eigenvalue weighted by Crippen LogP contribution is 2.14. The lowest BCUT2D eigenvalue weighted by molar-refractivity contribution is -0.910. The fourth-order valence-electron chi connectivity index (χ4n) is 3.10. The number of hydrogen-bond donors (Lipinski definition) is 0. The lowest BCUT2D eigenvalue weighted by atomic mass is 10.1. The second-order valence-electron chi connectivity index (χ2n) is 6.97. The normalized spacial score (nSPS) is 11.4. The minimum Gasteiger partial charge on any atom is -0.326 e. The zero-order valence-electron chi connectivity index (χ0n) is 15.1. The Morgan fingerprint density at radius 3 is 1.00 bits per heavy atom. The third-order valence-corrected chi connectivity index (χ3v) is 4.65. The molecule has 0 aromatic heterocycles. The molecule has 0 aliphatic heterocycles. The van der Waals surface area contributed by atoms with E-state index in [9.17, 15) is 0 Å². The van der Waals surface area contributed by atoms with Crippen molar-refractivity contribution in [2.45, 2.75) is 105 Å². The van der Waals surface area contributed by atoms with Gasteiger partial charge in [0, 0.05) is 0 Å². The van der Waals surface area contributed by atoms with Crippen molar-refractivity contribution in [1.82, 2.24) is 0 Å². The van der Waals surface area contributed by atoms with Gasteiger partial charge in [-0.05, 0) is 38.5 Å². The Morgan fingerprint density at radius 1 is 0.476 bits per heavy atom. The van der Waals surface area contributed by atoms with Crippen LogP contribution in [0.5, 0.6) is 0 Å². The molecule has 1 nitrogen and oxygen atoms in total. The third kappa shape index (κ3) is 14.7. The van der Waals surface area contributed by atoms with Crippen LogP contribution in [-0.2, 0) is 0 Å². The first kappa shape index (κ1) is 23.2. The average Bonchev–Trinajstić information content (AvgIpc) is 2.45. The summed E-state index contributed by atoms with van der Waals surface area (Å²) < 4.78 is 1.34. The van der Waals surface area contributed by atoms with E-state index >= 15 is 0 Å². The van der Waals surface area contributed by atoms with E-state index in [1.165, 1.54) is 101 Å². The van der Waals surface area contributed by atoms with Gasteiger partial charge in [-0.1, -0.05) is 66.7 Å². The van der Waals surface area contributed by atoms with Gasteiger partial charge >= 0.3 is 0 Å². The molecule has 0 fully saturated rings. The second-order valence-corrected chi connectivity index (χ2v) is 6.97. The van der Waals surface area contributed by atoms with Crippen molar-refractivity contribution in [3.8, 4) is 0 Å². The van der Waals surface area contributed by atoms with Crippen LogP contribution < -0.4 is 0 Å². The molecule has 0 saturated heterocycles. The number of nitrogens with zero attached hydrogens (tertiary/aromatic N) is 1. The van der Waals surface area contributed by atoms with Crippen LogP contribution in [0.25, 0.3) is 0 Å². The van der Waals surface area contributed by atoms with Gasteiger partial charge in [0.25, 0.3) is 0 Å². The number of unbranched alkanes of at least 4 members (excludes halogenated alkanes) is 9. The zero-order chi connectivity index (χ0) is 15.1. The first-order valence-corrected chi connectivity index (χ1v) is 9.52. The summed E-state index contributed by atoms with van der Waals surface area (Å²) in [6, 6.07) is 0. The van der Waals surface area contributed by atoms with Crippen LogP contribution in [0.2, 0.25) is 0 Å². The van der Waals surface area contributed by atoms with Gasteiger partial charge in [-0.15, -0.1) is 0 Å². The van der Waals surface area contributed by atoms with Gasteiger partial charge in [0.05, 0.1) is 26.7 Å². The fraction of sp³-hybridized carbons (Fsp3) is 1.00. The highest BCUT2D eigenvalue weighted by molar-refractivity contribution is 4.48. The summed E-state index contributed by atoms with van der Waals surface area (Å²) in [5.74, 6) is 0. The predicted molar refractivity (Wildman–Crippen MR) is 99.9 cm³/mol. The Balaban J connectivity index is 0. The smallest absolute Gasteiger partial charge is 0.0784 e. The van der Waals surface area contributed by atoms with Gasteiger partial charge in [-0.2, -0.15) is 0 Å². The summed E-state index contributed by atoms with van der Waals surface area (Å²) in [5, 5.41) is 0. The molecule has 0 rings (SSSR count). The Hall–Kier alpha value is -0.0400. The van der Waals surface area contributed by atoms with E-state index in [1.54, 1.807) is 0 Å². The molecule has 0 aromatic carbocycles. The molecule has 0 amide bonds. The molecule has 0 aliphatic rings. The van der Waals surface area contributed by atoms with Crippen molar-refractivity contribution < 1.29 is 4.48 Å². The first-order chi connectivity index (χ1) is 9.68. The molecular formula is C20H46N+. The summed E-state index contributed by atoms with van der Waals surface area (Å²) in [4.78, 5) is 0. The maximum atomic E-state index is 2.52. The van der Waals surface area contributed by atoms with E-state index in [1.807, 2.05) is 0 Å². The average molecular weight is 301 g/mol. The van der Waals surface area contributed by atoms with E-state index in [0.717, 1.165) is 0 Å². The highest BCUT2D eigenvalue weighted by Gasteiger charge is 2.19. The van der Waals surface area contributed by atoms with Crippen molar-refractivity contribution in [3.63, 3.8) is 0 Å². The van der Waals surface area contributed by atoms with Crippen LogP contribution in [0.3, 0.4) is 0 Å². The summed E-state index contributed by atoms with van der Waals surface area (Å²) >= 11 is 0. The molecule has 0 atom stereocenters. The monoisotopic (exact) mass is 300 g/mol. The molecule has 0 unspecified atom stereocenters. The Kier molecular flexibility index (Phi) is 18.1. The Bertz CT molecular complexity index is 157. The van der Waals surface area contributed by atoms with E-state index in [0.29, 0.717) is 0 Å². The maximum absolute atomic E-state index is 2.52. The van der Waals surface area contributed by atoms with Crippen molar-refractivity contribution >= 4 is 0 Å². The fourth-order valence-corrected chi connectivity index (χ4v) is 3.10. The Morgan fingerprint density at radius 2 is 0.762 bits per heavy atom. The van der Waals surface area contributed by atoms with Gasteiger partial charge in [-0.25, -0.2) is 0 Å². The van der Waals surface area contributed by atoms with Crippen LogP contribution in [0.4, 0.5) is 0 Å². The molecule has 0 heterocycles. The standard InChI is InChI=1S/C19H42N.CH4/c1-5-8-11-14-17-20(4,18-15-12-9-6-2)19-16-13-10-7-3;/h5-19H2,1-4H3;1H4/q+1;. The largest absolute Gasteiger partial charge is 0.326 e. The molecule has 0 radical (unpaired) electrons. The summed E-state index contributed by atoms with van der Waals surface area (Å²) in [6.07, 6.45) is 17.0.